The minimum atomic E-state index is -0.232. The lowest BCUT2D eigenvalue weighted by atomic mass is 10.1. The summed E-state index contributed by atoms with van der Waals surface area (Å²) < 4.78 is 15.3. The first kappa shape index (κ1) is 17.9. The number of aromatic nitrogens is 2. The van der Waals surface area contributed by atoms with Crippen LogP contribution < -0.4 is 5.56 Å². The highest BCUT2D eigenvalue weighted by Crippen LogP contribution is 2.35. The van der Waals surface area contributed by atoms with Crippen molar-refractivity contribution in [2.75, 3.05) is 5.75 Å². The third kappa shape index (κ3) is 3.55. The normalized spacial score (nSPS) is 11.2. The van der Waals surface area contributed by atoms with Crippen molar-refractivity contribution in [1.29, 1.82) is 0 Å². The fourth-order valence-electron chi connectivity index (χ4n) is 3.00. The van der Waals surface area contributed by atoms with E-state index in [1.54, 1.807) is 34.4 Å². The molecule has 0 radical (unpaired) electrons. The zero-order valence-electron chi connectivity index (χ0n) is 14.7. The lowest BCUT2D eigenvalue weighted by Gasteiger charge is -2.06. The molecule has 2 heterocycles. The summed E-state index contributed by atoms with van der Waals surface area (Å²) in [7, 11) is 0. The van der Waals surface area contributed by atoms with Gasteiger partial charge in [0.2, 0.25) is 0 Å². The molecule has 0 aliphatic rings. The first-order valence-corrected chi connectivity index (χ1v) is 10.4. The maximum absolute atomic E-state index is 13.7. The van der Waals surface area contributed by atoms with E-state index in [0.29, 0.717) is 22.6 Å². The molecule has 0 saturated carbocycles. The van der Waals surface area contributed by atoms with Crippen molar-refractivity contribution in [2.24, 2.45) is 0 Å². The Balaban J connectivity index is 1.62. The molecule has 0 aliphatic heterocycles. The molecular formula is C21H17FN2OS2. The number of benzene rings is 2. The van der Waals surface area contributed by atoms with Crippen molar-refractivity contribution in [1.82, 2.24) is 9.55 Å². The van der Waals surface area contributed by atoms with E-state index in [1.807, 2.05) is 43.3 Å². The molecule has 4 aromatic rings. The molecule has 136 valence electrons. The van der Waals surface area contributed by atoms with Gasteiger partial charge in [0.05, 0.1) is 11.7 Å². The van der Waals surface area contributed by atoms with Crippen LogP contribution in [0.25, 0.3) is 20.7 Å². The highest BCUT2D eigenvalue weighted by Gasteiger charge is 2.15. The van der Waals surface area contributed by atoms with Crippen molar-refractivity contribution in [3.05, 3.63) is 82.7 Å². The fourth-order valence-corrected chi connectivity index (χ4v) is 5.03. The van der Waals surface area contributed by atoms with Crippen molar-refractivity contribution in [3.63, 3.8) is 0 Å². The van der Waals surface area contributed by atoms with Crippen LogP contribution >= 0.6 is 23.1 Å². The lowest BCUT2D eigenvalue weighted by Crippen LogP contribution is -2.21. The van der Waals surface area contributed by atoms with Crippen molar-refractivity contribution >= 4 is 33.3 Å². The summed E-state index contributed by atoms with van der Waals surface area (Å²) in [6.07, 6.45) is 1.59. The van der Waals surface area contributed by atoms with Gasteiger partial charge in [0, 0.05) is 22.1 Å². The molecule has 0 N–H and O–H groups in total. The predicted molar refractivity (Wildman–Crippen MR) is 111 cm³/mol. The van der Waals surface area contributed by atoms with Crippen LogP contribution in [0, 0.1) is 12.7 Å². The standard InChI is InChI=1S/C21H17FN2OS2/c1-14-18-20(27-19(14)15-7-3-2-4-8-15)23-13-24(21(18)25)11-12-26-17-10-6-5-9-16(17)22/h2-10,13H,11-12H2,1H3. The Morgan fingerprint density at radius 2 is 1.85 bits per heavy atom. The molecule has 0 bridgehead atoms. The van der Waals surface area contributed by atoms with Crippen LogP contribution in [-0.4, -0.2) is 15.3 Å². The molecule has 0 spiro atoms. The van der Waals surface area contributed by atoms with Crippen molar-refractivity contribution < 1.29 is 4.39 Å². The molecule has 0 unspecified atom stereocenters. The van der Waals surface area contributed by atoms with Gasteiger partial charge in [-0.2, -0.15) is 0 Å². The number of nitrogens with zero attached hydrogens (tertiary/aromatic N) is 2. The Morgan fingerprint density at radius 3 is 2.63 bits per heavy atom. The number of hydrogen-bond donors (Lipinski definition) is 0. The zero-order chi connectivity index (χ0) is 18.8. The smallest absolute Gasteiger partial charge is 0.262 e. The molecule has 0 fully saturated rings. The van der Waals surface area contributed by atoms with E-state index in [2.05, 4.69) is 4.98 Å². The summed E-state index contributed by atoms with van der Waals surface area (Å²) >= 11 is 2.95. The average Bonchev–Trinajstić information content (AvgIpc) is 3.03. The van der Waals surface area contributed by atoms with E-state index in [4.69, 9.17) is 0 Å². The quantitative estimate of drug-likeness (QED) is 0.426. The van der Waals surface area contributed by atoms with Gasteiger partial charge in [0.25, 0.3) is 5.56 Å². The Hall–Kier alpha value is -2.44. The molecule has 2 aromatic carbocycles. The minimum Gasteiger partial charge on any atom is -0.298 e. The average molecular weight is 397 g/mol. The Morgan fingerprint density at radius 1 is 1.11 bits per heavy atom. The van der Waals surface area contributed by atoms with Crippen LogP contribution in [0.3, 0.4) is 0 Å². The Labute approximate surface area is 164 Å². The van der Waals surface area contributed by atoms with Gasteiger partial charge in [-0.15, -0.1) is 23.1 Å². The first-order chi connectivity index (χ1) is 13.1. The molecule has 0 atom stereocenters. The Kier molecular flexibility index (Phi) is 5.09. The van der Waals surface area contributed by atoms with Gasteiger partial charge in [0.1, 0.15) is 10.6 Å². The van der Waals surface area contributed by atoms with E-state index in [9.17, 15) is 9.18 Å². The topological polar surface area (TPSA) is 34.9 Å². The number of halogens is 1. The summed E-state index contributed by atoms with van der Waals surface area (Å²) in [5, 5.41) is 0.678. The lowest BCUT2D eigenvalue weighted by molar-refractivity contribution is 0.601. The molecule has 0 amide bonds. The molecule has 27 heavy (non-hydrogen) atoms. The van der Waals surface area contributed by atoms with Gasteiger partial charge >= 0.3 is 0 Å². The first-order valence-electron chi connectivity index (χ1n) is 8.56. The highest BCUT2D eigenvalue weighted by atomic mass is 32.2. The number of thiophene rings is 1. The minimum absolute atomic E-state index is 0.0370. The SMILES string of the molecule is Cc1c(-c2ccccc2)sc2ncn(CCSc3ccccc3F)c(=O)c12. The van der Waals surface area contributed by atoms with Gasteiger partial charge in [0.15, 0.2) is 0 Å². The number of rotatable bonds is 5. The van der Waals surface area contributed by atoms with Crippen LogP contribution in [-0.2, 0) is 6.54 Å². The second kappa shape index (κ2) is 7.66. The van der Waals surface area contributed by atoms with Gasteiger partial charge in [-0.25, -0.2) is 9.37 Å². The van der Waals surface area contributed by atoms with Crippen LogP contribution in [0.15, 0.2) is 70.6 Å². The van der Waals surface area contributed by atoms with Crippen LogP contribution in [0.4, 0.5) is 4.39 Å². The van der Waals surface area contributed by atoms with Crippen molar-refractivity contribution in [2.45, 2.75) is 18.4 Å². The van der Waals surface area contributed by atoms with Gasteiger partial charge < -0.3 is 0 Å². The van der Waals surface area contributed by atoms with E-state index >= 15 is 0 Å². The summed E-state index contributed by atoms with van der Waals surface area (Å²) in [5.74, 6) is 0.368. The molecule has 0 saturated heterocycles. The molecule has 3 nitrogen and oxygen atoms in total. The molecule has 4 rings (SSSR count). The van der Waals surface area contributed by atoms with Gasteiger partial charge in [-0.3, -0.25) is 9.36 Å². The molecule has 0 aliphatic carbocycles. The summed E-state index contributed by atoms with van der Waals surface area (Å²) in [5.41, 5.74) is 2.03. The number of hydrogen-bond acceptors (Lipinski definition) is 4. The van der Waals surface area contributed by atoms with Crippen LogP contribution in [0.1, 0.15) is 5.56 Å². The zero-order valence-corrected chi connectivity index (χ0v) is 16.3. The molecule has 6 heteroatoms. The Bertz CT molecular complexity index is 1150. The predicted octanol–water partition coefficient (Wildman–Crippen LogP) is 5.36. The second-order valence-electron chi connectivity index (χ2n) is 6.12. The number of fused-ring (bicyclic) bond motifs is 1. The highest BCUT2D eigenvalue weighted by molar-refractivity contribution is 7.99. The summed E-state index contributed by atoms with van der Waals surface area (Å²) in [6.45, 7) is 2.46. The second-order valence-corrected chi connectivity index (χ2v) is 8.26. The number of aryl methyl sites for hydroxylation is 2. The van der Waals surface area contributed by atoms with Crippen LogP contribution in [0.2, 0.25) is 0 Å². The van der Waals surface area contributed by atoms with E-state index < -0.39 is 0 Å². The van der Waals surface area contributed by atoms with E-state index in [-0.39, 0.29) is 11.4 Å². The third-order valence-electron chi connectivity index (χ3n) is 4.38. The monoisotopic (exact) mass is 396 g/mol. The van der Waals surface area contributed by atoms with Crippen molar-refractivity contribution in [3.8, 4) is 10.4 Å². The maximum Gasteiger partial charge on any atom is 0.262 e. The van der Waals surface area contributed by atoms with Crippen LogP contribution in [0.5, 0.6) is 0 Å². The van der Waals surface area contributed by atoms with E-state index in [1.165, 1.54) is 17.8 Å². The third-order valence-corrected chi connectivity index (χ3v) is 6.66. The summed E-state index contributed by atoms with van der Waals surface area (Å²) in [4.78, 5) is 19.9. The summed E-state index contributed by atoms with van der Waals surface area (Å²) in [6, 6.07) is 16.7. The van der Waals surface area contributed by atoms with Gasteiger partial charge in [-0.1, -0.05) is 42.5 Å². The molecule has 2 aromatic heterocycles. The largest absolute Gasteiger partial charge is 0.298 e. The maximum atomic E-state index is 13.7. The van der Waals surface area contributed by atoms with E-state index in [0.717, 1.165) is 20.8 Å². The fraction of sp³-hybridized carbons (Fsp3) is 0.143. The number of thioether (sulfide) groups is 1. The van der Waals surface area contributed by atoms with Gasteiger partial charge in [-0.05, 0) is 30.2 Å². The molecular weight excluding hydrogens is 379 g/mol.